The Morgan fingerprint density at radius 2 is 1.50 bits per heavy atom. The molecule has 0 saturated carbocycles. The molecule has 0 atom stereocenters. The maximum Gasteiger partial charge on any atom is 0.308 e. The molecule has 0 aliphatic carbocycles. The minimum Gasteiger partial charge on any atom is -0.427 e. The number of para-hydroxylation sites is 1. The van der Waals surface area contributed by atoms with Crippen molar-refractivity contribution in [3.8, 4) is 11.5 Å². The highest BCUT2D eigenvalue weighted by atomic mass is 16.5. The van der Waals surface area contributed by atoms with Gasteiger partial charge in [-0.25, -0.2) is 0 Å². The van der Waals surface area contributed by atoms with Crippen LogP contribution in [0.5, 0.6) is 11.5 Å². The lowest BCUT2D eigenvalue weighted by molar-refractivity contribution is -0.132. The highest BCUT2D eigenvalue weighted by molar-refractivity contribution is 6.12. The van der Waals surface area contributed by atoms with Crippen molar-refractivity contribution < 1.29 is 28.7 Å². The third-order valence-corrected chi connectivity index (χ3v) is 2.99. The molecule has 0 bridgehead atoms. The van der Waals surface area contributed by atoms with E-state index in [2.05, 4.69) is 0 Å². The molecule has 121 valence electrons. The van der Waals surface area contributed by atoms with Gasteiger partial charge in [0.1, 0.15) is 5.75 Å². The average molecular weight is 325 g/mol. The van der Waals surface area contributed by atoms with Gasteiger partial charge in [0.25, 0.3) is 0 Å². The first-order valence-corrected chi connectivity index (χ1v) is 6.95. The van der Waals surface area contributed by atoms with E-state index >= 15 is 0 Å². The molecule has 24 heavy (non-hydrogen) atoms. The van der Waals surface area contributed by atoms with Crippen LogP contribution in [-0.2, 0) is 14.4 Å². The van der Waals surface area contributed by atoms with E-state index in [9.17, 15) is 19.2 Å². The van der Waals surface area contributed by atoms with Crippen LogP contribution in [0.2, 0.25) is 0 Å². The van der Waals surface area contributed by atoms with Gasteiger partial charge in [-0.15, -0.1) is 0 Å². The van der Waals surface area contributed by atoms with E-state index < -0.39 is 17.7 Å². The van der Waals surface area contributed by atoms with E-state index in [-0.39, 0.29) is 22.4 Å². The summed E-state index contributed by atoms with van der Waals surface area (Å²) in [7, 11) is 0. The molecule has 0 heterocycles. The van der Waals surface area contributed by atoms with Gasteiger partial charge in [0.2, 0.25) is 6.29 Å². The van der Waals surface area contributed by atoms with E-state index in [1.165, 1.54) is 56.3 Å². The molecule has 0 saturated heterocycles. The van der Waals surface area contributed by atoms with Gasteiger partial charge < -0.3 is 9.47 Å². The summed E-state index contributed by atoms with van der Waals surface area (Å²) < 4.78 is 9.89. The molecule has 0 N–H and O–H groups in total. The second kappa shape index (κ2) is 7.32. The maximum absolute atomic E-state index is 12.6. The normalized spacial score (nSPS) is 9.92. The minimum atomic E-state index is -0.656. The average Bonchev–Trinajstić information content (AvgIpc) is 2.54. The Balaban J connectivity index is 2.40. The lowest BCUT2D eigenvalue weighted by atomic mass is 10.00. The molecule has 6 nitrogen and oxygen atoms in total. The first-order valence-electron chi connectivity index (χ1n) is 6.95. The van der Waals surface area contributed by atoms with Gasteiger partial charge >= 0.3 is 11.9 Å². The molecule has 0 aliphatic heterocycles. The van der Waals surface area contributed by atoms with Crippen molar-refractivity contribution in [3.63, 3.8) is 0 Å². The highest BCUT2D eigenvalue weighted by Crippen LogP contribution is 2.26. The summed E-state index contributed by atoms with van der Waals surface area (Å²) in [6.45, 7) is 2.44. The first-order chi connectivity index (χ1) is 11.4. The van der Waals surface area contributed by atoms with E-state index in [1.807, 2.05) is 0 Å². The Kier molecular flexibility index (Phi) is 5.21. The summed E-state index contributed by atoms with van der Waals surface area (Å²) in [5, 5.41) is 0. The van der Waals surface area contributed by atoms with E-state index in [0.29, 0.717) is 5.75 Å². The van der Waals surface area contributed by atoms with Crippen molar-refractivity contribution in [2.24, 2.45) is 0 Å². The summed E-state index contributed by atoms with van der Waals surface area (Å²) in [6.07, 6.45) is 1.64. The lowest BCUT2D eigenvalue weighted by Crippen LogP contribution is -2.11. The standard InChI is InChI=1S/C18H13O6/c1-11(20)23-15-8-6-13(7-9-15)17(22)16-5-3-4-14(10-19)18(16)24-12(2)21/h3-9H,1-2H3. The van der Waals surface area contributed by atoms with Crippen LogP contribution in [0.1, 0.15) is 35.3 Å². The van der Waals surface area contributed by atoms with Crippen molar-refractivity contribution in [3.05, 3.63) is 59.2 Å². The van der Waals surface area contributed by atoms with Crippen molar-refractivity contribution in [1.82, 2.24) is 0 Å². The minimum absolute atomic E-state index is 0.0208. The van der Waals surface area contributed by atoms with Crippen LogP contribution in [0.15, 0.2) is 42.5 Å². The summed E-state index contributed by atoms with van der Waals surface area (Å²) >= 11 is 0. The van der Waals surface area contributed by atoms with Gasteiger partial charge in [-0.3, -0.25) is 19.2 Å². The molecule has 0 fully saturated rings. The molecule has 2 aromatic carbocycles. The predicted octanol–water partition coefficient (Wildman–Crippen LogP) is 2.23. The van der Waals surface area contributed by atoms with Gasteiger partial charge in [-0.2, -0.15) is 0 Å². The lowest BCUT2D eigenvalue weighted by Gasteiger charge is -2.10. The number of hydrogen-bond donors (Lipinski definition) is 0. The second-order valence-electron chi connectivity index (χ2n) is 4.83. The van der Waals surface area contributed by atoms with Gasteiger partial charge in [0.15, 0.2) is 11.5 Å². The third-order valence-electron chi connectivity index (χ3n) is 2.99. The summed E-state index contributed by atoms with van der Waals surface area (Å²) in [5.74, 6) is -1.40. The van der Waals surface area contributed by atoms with Gasteiger partial charge in [0, 0.05) is 19.4 Å². The number of carbonyl (C=O) groups excluding carboxylic acids is 4. The third kappa shape index (κ3) is 3.92. The van der Waals surface area contributed by atoms with Crippen LogP contribution in [0.3, 0.4) is 0 Å². The van der Waals surface area contributed by atoms with Crippen molar-refractivity contribution in [2.45, 2.75) is 13.8 Å². The Morgan fingerprint density at radius 1 is 0.875 bits per heavy atom. The molecule has 0 aromatic heterocycles. The molecule has 6 heteroatoms. The largest absolute Gasteiger partial charge is 0.427 e. The number of benzene rings is 2. The molecular weight excluding hydrogens is 312 g/mol. The number of carbonyl (C=O) groups is 3. The number of esters is 2. The van der Waals surface area contributed by atoms with Crippen LogP contribution in [0.4, 0.5) is 0 Å². The summed E-state index contributed by atoms with van der Waals surface area (Å²) in [4.78, 5) is 45.7. The fraction of sp³-hybridized carbons (Fsp3) is 0.111. The Labute approximate surface area is 138 Å². The first kappa shape index (κ1) is 17.1. The Morgan fingerprint density at radius 3 is 2.04 bits per heavy atom. The predicted molar refractivity (Wildman–Crippen MR) is 83.7 cm³/mol. The van der Waals surface area contributed by atoms with E-state index in [1.54, 1.807) is 6.29 Å². The van der Waals surface area contributed by atoms with Crippen molar-refractivity contribution >= 4 is 24.0 Å². The van der Waals surface area contributed by atoms with Crippen LogP contribution < -0.4 is 9.47 Å². The van der Waals surface area contributed by atoms with Gasteiger partial charge in [-0.05, 0) is 36.4 Å². The zero-order valence-electron chi connectivity index (χ0n) is 13.0. The van der Waals surface area contributed by atoms with Crippen LogP contribution in [0.25, 0.3) is 0 Å². The highest BCUT2D eigenvalue weighted by Gasteiger charge is 2.19. The molecule has 0 spiro atoms. The molecule has 1 radical (unpaired) electrons. The zero-order valence-corrected chi connectivity index (χ0v) is 13.0. The maximum atomic E-state index is 12.6. The van der Waals surface area contributed by atoms with E-state index in [4.69, 9.17) is 9.47 Å². The number of ketones is 1. The van der Waals surface area contributed by atoms with Gasteiger partial charge in [0.05, 0.1) is 11.1 Å². The molecular formula is C18H13O6. The van der Waals surface area contributed by atoms with E-state index in [0.717, 1.165) is 0 Å². The SMILES string of the molecule is CC(=O)Oc1ccc(C(=O)c2cccc([C]=O)c2OC(C)=O)cc1. The quantitative estimate of drug-likeness (QED) is 0.476. The fourth-order valence-corrected chi connectivity index (χ4v) is 2.05. The zero-order chi connectivity index (χ0) is 17.7. The molecule has 2 aromatic rings. The number of rotatable bonds is 5. The smallest absolute Gasteiger partial charge is 0.308 e. The van der Waals surface area contributed by atoms with Crippen LogP contribution in [-0.4, -0.2) is 24.0 Å². The molecule has 0 amide bonds. The Bertz CT molecular complexity index is 805. The van der Waals surface area contributed by atoms with Crippen molar-refractivity contribution in [1.29, 1.82) is 0 Å². The van der Waals surface area contributed by atoms with Gasteiger partial charge in [-0.1, -0.05) is 6.07 Å². The molecule has 0 aliphatic rings. The molecule has 0 unspecified atom stereocenters. The van der Waals surface area contributed by atoms with Crippen LogP contribution in [0, 0.1) is 0 Å². The number of hydrogen-bond acceptors (Lipinski definition) is 6. The Hall–Kier alpha value is -3.28. The van der Waals surface area contributed by atoms with Crippen LogP contribution >= 0.6 is 0 Å². The topological polar surface area (TPSA) is 86.7 Å². The molecule has 2 rings (SSSR count). The summed E-state index contributed by atoms with van der Waals surface area (Å²) in [5.41, 5.74) is 0.321. The number of ether oxygens (including phenoxy) is 2. The van der Waals surface area contributed by atoms with Crippen molar-refractivity contribution in [2.75, 3.05) is 0 Å². The second-order valence-corrected chi connectivity index (χ2v) is 4.83. The monoisotopic (exact) mass is 325 g/mol. The fourth-order valence-electron chi connectivity index (χ4n) is 2.05. The summed E-state index contributed by atoms with van der Waals surface area (Å²) in [6, 6.07) is 10.2.